The van der Waals surface area contributed by atoms with Crippen LogP contribution < -0.4 is 11.1 Å². The number of nitrogens with two attached hydrogens (primary N) is 1. The minimum absolute atomic E-state index is 0.285. The maximum Gasteiger partial charge on any atom is 0.247 e. The van der Waals surface area contributed by atoms with Crippen molar-refractivity contribution in [2.45, 2.75) is 6.42 Å². The number of nitrogens with one attached hydrogen (secondary N) is 1. The molecule has 0 saturated carbocycles. The lowest BCUT2D eigenvalue weighted by Gasteiger charge is -2.06. The monoisotopic (exact) mass is 308 g/mol. The fourth-order valence-electron chi connectivity index (χ4n) is 2.06. The van der Waals surface area contributed by atoms with Gasteiger partial charge in [0.2, 0.25) is 5.91 Å². The van der Waals surface area contributed by atoms with E-state index in [2.05, 4.69) is 11.9 Å². The summed E-state index contributed by atoms with van der Waals surface area (Å²) in [5.74, 6) is -1.05. The van der Waals surface area contributed by atoms with E-state index in [1.807, 2.05) is 0 Å². The maximum absolute atomic E-state index is 12.3. The van der Waals surface area contributed by atoms with E-state index in [-0.39, 0.29) is 23.9 Å². The average Bonchev–Trinajstić information content (AvgIpc) is 2.55. The molecule has 0 heterocycles. The Balaban J connectivity index is 2.13. The van der Waals surface area contributed by atoms with Gasteiger partial charge in [-0.05, 0) is 30.3 Å². The highest BCUT2D eigenvalue weighted by Crippen LogP contribution is 2.17. The molecule has 0 saturated heterocycles. The van der Waals surface area contributed by atoms with E-state index in [4.69, 9.17) is 5.73 Å². The number of carbonyl (C=O) groups excluding carboxylic acids is 3. The number of ketones is 2. The third-order valence-corrected chi connectivity index (χ3v) is 3.22. The number of nitrogen functional groups attached to an aromatic ring is 1. The zero-order chi connectivity index (χ0) is 16.8. The first-order chi connectivity index (χ1) is 11.0. The smallest absolute Gasteiger partial charge is 0.247 e. The number of anilines is 2. The van der Waals surface area contributed by atoms with Gasteiger partial charge in [-0.25, -0.2) is 0 Å². The van der Waals surface area contributed by atoms with Crippen LogP contribution in [-0.4, -0.2) is 17.5 Å². The zero-order valence-electron chi connectivity index (χ0n) is 12.4. The van der Waals surface area contributed by atoms with Crippen molar-refractivity contribution < 1.29 is 14.4 Å². The summed E-state index contributed by atoms with van der Waals surface area (Å²) in [5, 5.41) is 2.57. The van der Waals surface area contributed by atoms with E-state index >= 15 is 0 Å². The molecule has 0 atom stereocenters. The lowest BCUT2D eigenvalue weighted by Crippen LogP contribution is -2.12. The van der Waals surface area contributed by atoms with Crippen LogP contribution in [-0.2, 0) is 4.79 Å². The van der Waals surface area contributed by atoms with Crippen LogP contribution >= 0.6 is 0 Å². The molecule has 2 aromatic carbocycles. The van der Waals surface area contributed by atoms with Crippen molar-refractivity contribution in [3.05, 3.63) is 72.3 Å². The van der Waals surface area contributed by atoms with Gasteiger partial charge in [0, 0.05) is 22.5 Å². The van der Waals surface area contributed by atoms with E-state index < -0.39 is 0 Å². The van der Waals surface area contributed by atoms with Crippen molar-refractivity contribution in [2.75, 3.05) is 11.1 Å². The minimum atomic E-state index is -0.372. The van der Waals surface area contributed by atoms with E-state index in [1.165, 1.54) is 6.07 Å². The number of carbonyl (C=O) groups is 3. The second-order valence-corrected chi connectivity index (χ2v) is 4.88. The van der Waals surface area contributed by atoms with Crippen molar-refractivity contribution >= 4 is 28.8 Å². The summed E-state index contributed by atoms with van der Waals surface area (Å²) in [6, 6.07) is 13.0. The van der Waals surface area contributed by atoms with Crippen LogP contribution in [0.3, 0.4) is 0 Å². The summed E-state index contributed by atoms with van der Waals surface area (Å²) < 4.78 is 0. The molecule has 1 amide bonds. The van der Waals surface area contributed by atoms with Gasteiger partial charge in [0.05, 0.1) is 6.42 Å². The van der Waals surface area contributed by atoms with Gasteiger partial charge < -0.3 is 11.1 Å². The first-order valence-corrected chi connectivity index (χ1v) is 6.95. The van der Waals surface area contributed by atoms with E-state index in [0.29, 0.717) is 22.5 Å². The molecule has 0 aliphatic heterocycles. The van der Waals surface area contributed by atoms with Gasteiger partial charge in [0.15, 0.2) is 11.6 Å². The highest BCUT2D eigenvalue weighted by Gasteiger charge is 2.16. The largest absolute Gasteiger partial charge is 0.398 e. The van der Waals surface area contributed by atoms with Crippen LogP contribution in [0.25, 0.3) is 0 Å². The Morgan fingerprint density at radius 1 is 1.04 bits per heavy atom. The van der Waals surface area contributed by atoms with Crippen LogP contribution in [0.5, 0.6) is 0 Å². The second-order valence-electron chi connectivity index (χ2n) is 4.88. The Bertz CT molecular complexity index is 781. The number of hydrogen-bond acceptors (Lipinski definition) is 4. The molecule has 0 aliphatic rings. The first kappa shape index (κ1) is 16.2. The van der Waals surface area contributed by atoms with Crippen LogP contribution in [0.4, 0.5) is 11.4 Å². The first-order valence-electron chi connectivity index (χ1n) is 6.95. The van der Waals surface area contributed by atoms with Crippen LogP contribution in [0.2, 0.25) is 0 Å². The number of benzene rings is 2. The van der Waals surface area contributed by atoms with Crippen molar-refractivity contribution in [3.63, 3.8) is 0 Å². The fraction of sp³-hybridized carbons (Fsp3) is 0.0556. The number of rotatable bonds is 6. The lowest BCUT2D eigenvalue weighted by atomic mass is 10.00. The predicted molar refractivity (Wildman–Crippen MR) is 89.4 cm³/mol. The van der Waals surface area contributed by atoms with E-state index in [1.54, 1.807) is 42.5 Å². The predicted octanol–water partition coefficient (Wildman–Crippen LogP) is 2.85. The molecular weight excluding hydrogens is 292 g/mol. The average molecular weight is 308 g/mol. The molecular formula is C18H16N2O3. The lowest BCUT2D eigenvalue weighted by molar-refractivity contribution is -0.111. The molecule has 0 fully saturated rings. The summed E-state index contributed by atoms with van der Waals surface area (Å²) in [6.07, 6.45) is 0.850. The molecule has 3 N–H and O–H groups in total. The Labute approximate surface area is 133 Å². The van der Waals surface area contributed by atoms with Crippen LogP contribution in [0.15, 0.2) is 61.2 Å². The quantitative estimate of drug-likeness (QED) is 0.372. The number of para-hydroxylation sites is 1. The third-order valence-electron chi connectivity index (χ3n) is 3.22. The van der Waals surface area contributed by atoms with Crippen molar-refractivity contribution in [1.82, 2.24) is 0 Å². The molecule has 0 bridgehead atoms. The number of hydrogen-bond donors (Lipinski definition) is 2. The minimum Gasteiger partial charge on any atom is -0.398 e. The molecule has 0 radical (unpaired) electrons. The van der Waals surface area contributed by atoms with Crippen molar-refractivity contribution in [1.29, 1.82) is 0 Å². The maximum atomic E-state index is 12.3. The van der Waals surface area contributed by atoms with Gasteiger partial charge >= 0.3 is 0 Å². The van der Waals surface area contributed by atoms with Crippen molar-refractivity contribution in [2.24, 2.45) is 0 Å². The fourth-order valence-corrected chi connectivity index (χ4v) is 2.06. The molecule has 2 aromatic rings. The van der Waals surface area contributed by atoms with Crippen LogP contribution in [0.1, 0.15) is 27.1 Å². The van der Waals surface area contributed by atoms with Crippen LogP contribution in [0, 0.1) is 0 Å². The van der Waals surface area contributed by atoms with Gasteiger partial charge in [-0.2, -0.15) is 0 Å². The summed E-state index contributed by atoms with van der Waals surface area (Å²) in [5.41, 5.74) is 7.22. The molecule has 23 heavy (non-hydrogen) atoms. The summed E-state index contributed by atoms with van der Waals surface area (Å²) in [7, 11) is 0. The Hall–Kier alpha value is -3.21. The molecule has 2 rings (SSSR count). The van der Waals surface area contributed by atoms with Gasteiger partial charge in [0.25, 0.3) is 0 Å². The third kappa shape index (κ3) is 4.14. The second kappa shape index (κ2) is 7.17. The Kier molecular flexibility index (Phi) is 5.04. The number of Topliss-reactive ketones (excluding diaryl/α,β-unsaturated/α-hetero) is 2. The summed E-state index contributed by atoms with van der Waals surface area (Å²) >= 11 is 0. The molecule has 0 spiro atoms. The van der Waals surface area contributed by atoms with Gasteiger partial charge in [0.1, 0.15) is 0 Å². The molecule has 116 valence electrons. The highest BCUT2D eigenvalue weighted by atomic mass is 16.2. The molecule has 5 nitrogen and oxygen atoms in total. The van der Waals surface area contributed by atoms with Crippen molar-refractivity contribution in [3.8, 4) is 0 Å². The SMILES string of the molecule is C=CC(=O)Nc1cccc(C(=O)CC(=O)c2ccccc2N)c1. The molecule has 0 unspecified atom stereocenters. The van der Waals surface area contributed by atoms with Gasteiger partial charge in [-0.15, -0.1) is 0 Å². The normalized spacial score (nSPS) is 9.91. The topological polar surface area (TPSA) is 89.3 Å². The van der Waals surface area contributed by atoms with E-state index in [9.17, 15) is 14.4 Å². The molecule has 0 aromatic heterocycles. The Morgan fingerprint density at radius 3 is 2.48 bits per heavy atom. The zero-order valence-corrected chi connectivity index (χ0v) is 12.4. The Morgan fingerprint density at radius 2 is 1.78 bits per heavy atom. The van der Waals surface area contributed by atoms with E-state index in [0.717, 1.165) is 6.08 Å². The number of amides is 1. The van der Waals surface area contributed by atoms with Gasteiger partial charge in [-0.1, -0.05) is 30.8 Å². The molecule has 5 heteroatoms. The summed E-state index contributed by atoms with van der Waals surface area (Å²) in [6.45, 7) is 3.36. The standard InChI is InChI=1S/C18H16N2O3/c1-2-18(23)20-13-7-5-6-12(10-13)16(21)11-17(22)14-8-3-4-9-15(14)19/h2-10H,1,11,19H2,(H,20,23). The molecule has 0 aliphatic carbocycles. The summed E-state index contributed by atoms with van der Waals surface area (Å²) in [4.78, 5) is 35.7. The highest BCUT2D eigenvalue weighted by molar-refractivity contribution is 6.15. The van der Waals surface area contributed by atoms with Gasteiger partial charge in [-0.3, -0.25) is 14.4 Å².